The highest BCUT2D eigenvalue weighted by Crippen LogP contribution is 2.45. The first-order valence-corrected chi connectivity index (χ1v) is 10.2. The number of anilines is 1. The minimum Gasteiger partial charge on any atom is -0.444 e. The number of carbonyl (C=O) groups is 2. The van der Waals surface area contributed by atoms with E-state index in [0.717, 1.165) is 42.0 Å². The number of aromatic nitrogens is 1. The van der Waals surface area contributed by atoms with Crippen molar-refractivity contribution < 1.29 is 14.3 Å². The van der Waals surface area contributed by atoms with Gasteiger partial charge in [0.1, 0.15) is 11.3 Å². The molecule has 160 valence electrons. The first-order valence-electron chi connectivity index (χ1n) is 10.2. The molecule has 4 rings (SSSR count). The van der Waals surface area contributed by atoms with Crippen molar-refractivity contribution in [3.05, 3.63) is 29.2 Å². The fraction of sp³-hybridized carbons (Fsp3) is 0.524. The zero-order valence-electron chi connectivity index (χ0n) is 17.8. The summed E-state index contributed by atoms with van der Waals surface area (Å²) in [7, 11) is 0. The summed E-state index contributed by atoms with van der Waals surface area (Å²) >= 11 is 0. The second-order valence-corrected chi connectivity index (χ2v) is 8.99. The number of hydrogen-bond donors (Lipinski definition) is 3. The second kappa shape index (κ2) is 7.30. The molecule has 4 heterocycles. The molecule has 0 aliphatic carbocycles. The summed E-state index contributed by atoms with van der Waals surface area (Å²) in [6.07, 6.45) is 5.04. The molecule has 4 N–H and O–H groups in total. The molecular weight excluding hydrogens is 384 g/mol. The SMILES string of the molecule is CC1=CC2=Nc3c(C(N)=O)ncc(N4CCC[C@@H](NC(=O)OC(C)(C)C)C4)c3C2N1. The number of hydrogen-bond acceptors (Lipinski definition) is 7. The van der Waals surface area contributed by atoms with Gasteiger partial charge in [0.2, 0.25) is 0 Å². The topological polar surface area (TPSA) is 122 Å². The average Bonchev–Trinajstić information content (AvgIpc) is 3.15. The summed E-state index contributed by atoms with van der Waals surface area (Å²) in [5.41, 5.74) is 9.43. The molecule has 1 saturated heterocycles. The van der Waals surface area contributed by atoms with Gasteiger partial charge >= 0.3 is 6.09 Å². The molecule has 2 amide bonds. The molecule has 30 heavy (non-hydrogen) atoms. The molecule has 1 aromatic heterocycles. The molecule has 0 saturated carbocycles. The van der Waals surface area contributed by atoms with Crippen molar-refractivity contribution in [1.82, 2.24) is 15.6 Å². The van der Waals surface area contributed by atoms with Crippen LogP contribution in [0.2, 0.25) is 0 Å². The second-order valence-electron chi connectivity index (χ2n) is 8.99. The number of nitrogens with zero attached hydrogens (tertiary/aromatic N) is 3. The molecule has 0 aromatic carbocycles. The Morgan fingerprint density at radius 2 is 2.13 bits per heavy atom. The van der Waals surface area contributed by atoms with Crippen molar-refractivity contribution in [2.24, 2.45) is 10.7 Å². The minimum absolute atomic E-state index is 0.0433. The smallest absolute Gasteiger partial charge is 0.407 e. The third kappa shape index (κ3) is 3.83. The summed E-state index contributed by atoms with van der Waals surface area (Å²) in [4.78, 5) is 35.3. The largest absolute Gasteiger partial charge is 0.444 e. The lowest BCUT2D eigenvalue weighted by Gasteiger charge is -2.36. The molecule has 2 atom stereocenters. The molecule has 9 heteroatoms. The van der Waals surface area contributed by atoms with Gasteiger partial charge in [-0.3, -0.25) is 4.79 Å². The highest BCUT2D eigenvalue weighted by molar-refractivity contribution is 6.12. The van der Waals surface area contributed by atoms with E-state index in [1.807, 2.05) is 33.8 Å². The number of ether oxygens (including phenoxy) is 1. The molecule has 1 unspecified atom stereocenters. The van der Waals surface area contributed by atoms with Crippen molar-refractivity contribution >= 4 is 29.1 Å². The lowest BCUT2D eigenvalue weighted by Crippen LogP contribution is -2.49. The maximum absolute atomic E-state index is 12.2. The van der Waals surface area contributed by atoms with Crippen molar-refractivity contribution in [2.75, 3.05) is 18.0 Å². The Morgan fingerprint density at radius 1 is 1.37 bits per heavy atom. The van der Waals surface area contributed by atoms with Gasteiger partial charge in [0.25, 0.3) is 5.91 Å². The standard InChI is InChI=1S/C21H28N6O3/c1-11-8-13-16(24-11)15-14(9-23-18(19(22)28)17(15)26-13)27-7-5-6-12(10-27)25-20(29)30-21(2,3)4/h8-9,12,16,24H,5-7,10H2,1-4H3,(H2,22,28)(H,25,29)/t12-,16?/m1/s1. The first kappa shape index (κ1) is 20.2. The number of alkyl carbamates (subject to hydrolysis) is 1. The summed E-state index contributed by atoms with van der Waals surface area (Å²) in [6.45, 7) is 8.96. The van der Waals surface area contributed by atoms with Crippen molar-refractivity contribution in [3.63, 3.8) is 0 Å². The van der Waals surface area contributed by atoms with E-state index in [-0.39, 0.29) is 17.8 Å². The van der Waals surface area contributed by atoms with Crippen LogP contribution in [0.3, 0.4) is 0 Å². The fourth-order valence-corrected chi connectivity index (χ4v) is 4.22. The van der Waals surface area contributed by atoms with Crippen LogP contribution in [0.15, 0.2) is 23.0 Å². The predicted molar refractivity (Wildman–Crippen MR) is 114 cm³/mol. The van der Waals surface area contributed by atoms with Gasteiger partial charge in [0.15, 0.2) is 5.69 Å². The molecule has 3 aliphatic rings. The molecule has 0 radical (unpaired) electrons. The summed E-state index contributed by atoms with van der Waals surface area (Å²) in [5.74, 6) is -0.592. The van der Waals surface area contributed by atoms with Crippen LogP contribution in [0.25, 0.3) is 0 Å². The minimum atomic E-state index is -0.592. The Labute approximate surface area is 175 Å². The molecule has 0 bridgehead atoms. The fourth-order valence-electron chi connectivity index (χ4n) is 4.22. The van der Waals surface area contributed by atoms with Crippen LogP contribution in [0.4, 0.5) is 16.2 Å². The van der Waals surface area contributed by atoms with E-state index in [0.29, 0.717) is 12.2 Å². The zero-order valence-corrected chi connectivity index (χ0v) is 17.8. The van der Waals surface area contributed by atoms with Crippen molar-refractivity contribution in [3.8, 4) is 0 Å². The van der Waals surface area contributed by atoms with Gasteiger partial charge in [-0.2, -0.15) is 0 Å². The van der Waals surface area contributed by atoms with E-state index in [2.05, 4.69) is 25.5 Å². The van der Waals surface area contributed by atoms with Gasteiger partial charge in [-0.15, -0.1) is 0 Å². The van der Waals surface area contributed by atoms with Crippen LogP contribution in [0, 0.1) is 0 Å². The molecule has 3 aliphatic heterocycles. The maximum atomic E-state index is 12.2. The number of allylic oxidation sites excluding steroid dienone is 1. The van der Waals surface area contributed by atoms with Crippen LogP contribution in [-0.4, -0.2) is 47.4 Å². The normalized spacial score (nSPS) is 22.5. The van der Waals surface area contributed by atoms with E-state index in [9.17, 15) is 9.59 Å². The van der Waals surface area contributed by atoms with Gasteiger partial charge in [0, 0.05) is 30.4 Å². The Morgan fingerprint density at radius 3 is 2.83 bits per heavy atom. The summed E-state index contributed by atoms with van der Waals surface area (Å²) in [6, 6.07) is -0.159. The van der Waals surface area contributed by atoms with E-state index in [1.54, 1.807) is 6.20 Å². The highest BCUT2D eigenvalue weighted by atomic mass is 16.6. The van der Waals surface area contributed by atoms with Gasteiger partial charge in [-0.1, -0.05) is 0 Å². The highest BCUT2D eigenvalue weighted by Gasteiger charge is 2.37. The number of nitrogens with two attached hydrogens (primary N) is 1. The number of primary amides is 1. The van der Waals surface area contributed by atoms with Gasteiger partial charge in [-0.05, 0) is 46.6 Å². The quantitative estimate of drug-likeness (QED) is 0.700. The number of fused-ring (bicyclic) bond motifs is 3. The van der Waals surface area contributed by atoms with E-state index in [4.69, 9.17) is 10.5 Å². The van der Waals surface area contributed by atoms with Gasteiger partial charge in [0.05, 0.1) is 23.6 Å². The Bertz CT molecular complexity index is 962. The van der Waals surface area contributed by atoms with Crippen LogP contribution in [0.1, 0.15) is 62.6 Å². The Hall–Kier alpha value is -3.10. The molecule has 9 nitrogen and oxygen atoms in total. The first-order chi connectivity index (χ1) is 14.1. The van der Waals surface area contributed by atoms with Gasteiger partial charge in [-0.25, -0.2) is 14.8 Å². The van der Waals surface area contributed by atoms with Crippen LogP contribution < -0.4 is 21.3 Å². The molecule has 1 aromatic rings. The summed E-state index contributed by atoms with van der Waals surface area (Å²) in [5, 5.41) is 6.39. The zero-order chi connectivity index (χ0) is 21.6. The maximum Gasteiger partial charge on any atom is 0.407 e. The van der Waals surface area contributed by atoms with Crippen LogP contribution >= 0.6 is 0 Å². The molecule has 1 fully saturated rings. The number of nitrogens with one attached hydrogen (secondary N) is 2. The van der Waals surface area contributed by atoms with Gasteiger partial charge < -0.3 is 26.0 Å². The third-order valence-electron chi connectivity index (χ3n) is 5.35. The third-order valence-corrected chi connectivity index (χ3v) is 5.35. The average molecular weight is 412 g/mol. The Kier molecular flexibility index (Phi) is 4.91. The number of carbonyl (C=O) groups excluding carboxylic acids is 2. The van der Waals surface area contributed by atoms with Crippen molar-refractivity contribution in [2.45, 2.75) is 58.2 Å². The predicted octanol–water partition coefficient (Wildman–Crippen LogP) is 2.31. The van der Waals surface area contributed by atoms with E-state index < -0.39 is 17.6 Å². The Balaban J connectivity index is 1.59. The van der Waals surface area contributed by atoms with Crippen LogP contribution in [0.5, 0.6) is 0 Å². The lowest BCUT2D eigenvalue weighted by atomic mass is 9.99. The van der Waals surface area contributed by atoms with Crippen LogP contribution in [-0.2, 0) is 4.74 Å². The van der Waals surface area contributed by atoms with E-state index >= 15 is 0 Å². The van der Waals surface area contributed by atoms with Crippen molar-refractivity contribution in [1.29, 1.82) is 0 Å². The van der Waals surface area contributed by atoms with E-state index in [1.165, 1.54) is 0 Å². The number of aliphatic imine (C=N–C) groups is 1. The number of rotatable bonds is 3. The number of amides is 2. The monoisotopic (exact) mass is 412 g/mol. The molecule has 0 spiro atoms. The molecular formula is C21H28N6O3. The lowest BCUT2D eigenvalue weighted by molar-refractivity contribution is 0.0499. The number of pyridine rings is 1. The number of piperidine rings is 1. The summed E-state index contributed by atoms with van der Waals surface area (Å²) < 4.78 is 5.40.